The highest BCUT2D eigenvalue weighted by Gasteiger charge is 2.32. The van der Waals surface area contributed by atoms with Crippen LogP contribution in [0.2, 0.25) is 0 Å². The van der Waals surface area contributed by atoms with Crippen LogP contribution in [0.3, 0.4) is 0 Å². The Morgan fingerprint density at radius 2 is 2.16 bits per heavy atom. The molecule has 0 bridgehead atoms. The molecule has 1 aliphatic rings. The second-order valence-electron chi connectivity index (χ2n) is 4.63. The third-order valence-corrected chi connectivity index (χ3v) is 5.02. The van der Waals surface area contributed by atoms with Gasteiger partial charge in [0.25, 0.3) is 0 Å². The molecule has 0 saturated carbocycles. The zero-order chi connectivity index (χ0) is 13.9. The number of carbonyl (C=O) groups excluding carboxylic acids is 1. The molecule has 1 saturated heterocycles. The molecule has 6 heteroatoms. The predicted octanol–water partition coefficient (Wildman–Crippen LogP) is 0.746. The smallest absolute Gasteiger partial charge is 0.224 e. The van der Waals surface area contributed by atoms with Gasteiger partial charge in [0.2, 0.25) is 5.91 Å². The van der Waals surface area contributed by atoms with E-state index in [1.807, 2.05) is 24.3 Å². The second-order valence-corrected chi connectivity index (χ2v) is 6.86. The van der Waals surface area contributed by atoms with Crippen molar-refractivity contribution in [1.82, 2.24) is 5.32 Å². The minimum Gasteiger partial charge on any atom is -0.496 e. The summed E-state index contributed by atoms with van der Waals surface area (Å²) in [5.41, 5.74) is 0.874. The zero-order valence-electron chi connectivity index (χ0n) is 10.8. The van der Waals surface area contributed by atoms with E-state index in [-0.39, 0.29) is 17.4 Å². The quantitative estimate of drug-likeness (QED) is 0.885. The molecule has 19 heavy (non-hydrogen) atoms. The Kier molecular flexibility index (Phi) is 4.09. The number of para-hydroxylation sites is 1. The van der Waals surface area contributed by atoms with Gasteiger partial charge >= 0.3 is 0 Å². The minimum absolute atomic E-state index is 0.0369. The molecule has 0 spiro atoms. The normalized spacial score (nSPS) is 21.0. The van der Waals surface area contributed by atoms with Gasteiger partial charge in [0.1, 0.15) is 5.75 Å². The fraction of sp³-hybridized carbons (Fsp3) is 0.462. The number of hydrogen-bond acceptors (Lipinski definition) is 4. The molecule has 1 aromatic rings. The Bertz CT molecular complexity index is 568. The van der Waals surface area contributed by atoms with Crippen molar-refractivity contribution in [2.24, 2.45) is 5.92 Å². The highest BCUT2D eigenvalue weighted by Crippen LogP contribution is 2.20. The first-order chi connectivity index (χ1) is 9.02. The largest absolute Gasteiger partial charge is 0.496 e. The Hall–Kier alpha value is -1.56. The van der Waals surface area contributed by atoms with Crippen LogP contribution in [0.15, 0.2) is 24.3 Å². The molecule has 1 aromatic carbocycles. The number of amides is 1. The van der Waals surface area contributed by atoms with E-state index in [1.165, 1.54) is 0 Å². The van der Waals surface area contributed by atoms with Gasteiger partial charge in [-0.1, -0.05) is 18.2 Å². The summed E-state index contributed by atoms with van der Waals surface area (Å²) < 4.78 is 27.8. The third-order valence-electron chi connectivity index (χ3n) is 3.25. The number of nitrogens with one attached hydrogen (secondary N) is 1. The van der Waals surface area contributed by atoms with Crippen molar-refractivity contribution >= 4 is 15.7 Å². The maximum absolute atomic E-state index is 11.9. The van der Waals surface area contributed by atoms with Crippen LogP contribution in [0, 0.1) is 5.92 Å². The summed E-state index contributed by atoms with van der Waals surface area (Å²) in [4.78, 5) is 11.9. The number of rotatable bonds is 4. The predicted molar refractivity (Wildman–Crippen MR) is 71.6 cm³/mol. The standard InChI is InChI=1S/C13H17NO4S/c1-18-12-5-3-2-4-10(12)8-14-13(15)11-6-7-19(16,17)9-11/h2-5,11H,6-9H2,1H3,(H,14,15)/t11-/m1/s1. The molecule has 5 nitrogen and oxygen atoms in total. The van der Waals surface area contributed by atoms with Gasteiger partial charge in [-0.05, 0) is 12.5 Å². The fourth-order valence-electron chi connectivity index (χ4n) is 2.18. The molecule has 0 aromatic heterocycles. The molecule has 104 valence electrons. The molecule has 1 N–H and O–H groups in total. The molecule has 1 atom stereocenters. The van der Waals surface area contributed by atoms with Gasteiger partial charge in [0, 0.05) is 12.1 Å². The molecule has 0 aliphatic carbocycles. The molecular weight excluding hydrogens is 266 g/mol. The molecule has 1 heterocycles. The van der Waals surface area contributed by atoms with Crippen LogP contribution in [0.4, 0.5) is 0 Å². The van der Waals surface area contributed by atoms with Crippen molar-refractivity contribution in [1.29, 1.82) is 0 Å². The van der Waals surface area contributed by atoms with E-state index >= 15 is 0 Å². The Morgan fingerprint density at radius 3 is 2.79 bits per heavy atom. The second kappa shape index (κ2) is 5.61. The van der Waals surface area contributed by atoms with Crippen LogP contribution in [0.1, 0.15) is 12.0 Å². The van der Waals surface area contributed by atoms with Gasteiger partial charge in [0.15, 0.2) is 9.84 Å². The van der Waals surface area contributed by atoms with Crippen LogP contribution in [-0.2, 0) is 21.2 Å². The van der Waals surface area contributed by atoms with Crippen LogP contribution < -0.4 is 10.1 Å². The van der Waals surface area contributed by atoms with Gasteiger partial charge in [-0.25, -0.2) is 8.42 Å². The number of sulfone groups is 1. The van der Waals surface area contributed by atoms with Gasteiger partial charge in [-0.3, -0.25) is 4.79 Å². The molecule has 0 unspecified atom stereocenters. The lowest BCUT2D eigenvalue weighted by Gasteiger charge is -2.11. The van der Waals surface area contributed by atoms with Crippen molar-refractivity contribution in [3.05, 3.63) is 29.8 Å². The fourth-order valence-corrected chi connectivity index (χ4v) is 3.92. The van der Waals surface area contributed by atoms with Crippen molar-refractivity contribution < 1.29 is 17.9 Å². The molecule has 1 aliphatic heterocycles. The van der Waals surface area contributed by atoms with E-state index in [1.54, 1.807) is 7.11 Å². The molecular formula is C13H17NO4S. The summed E-state index contributed by atoms with van der Waals surface area (Å²) in [6, 6.07) is 7.41. The topological polar surface area (TPSA) is 72.5 Å². The Morgan fingerprint density at radius 1 is 1.42 bits per heavy atom. The van der Waals surface area contributed by atoms with E-state index < -0.39 is 15.8 Å². The average Bonchev–Trinajstić information content (AvgIpc) is 2.76. The number of ether oxygens (including phenoxy) is 1. The Labute approximate surface area is 112 Å². The number of methoxy groups -OCH3 is 1. The average molecular weight is 283 g/mol. The maximum atomic E-state index is 11.9. The van der Waals surface area contributed by atoms with Gasteiger partial charge < -0.3 is 10.1 Å². The summed E-state index contributed by atoms with van der Waals surface area (Å²) in [6.45, 7) is 0.347. The minimum atomic E-state index is -3.02. The number of hydrogen-bond donors (Lipinski definition) is 1. The van der Waals surface area contributed by atoms with Gasteiger partial charge in [-0.15, -0.1) is 0 Å². The van der Waals surface area contributed by atoms with Crippen molar-refractivity contribution in [3.8, 4) is 5.75 Å². The number of carbonyl (C=O) groups is 1. The van der Waals surface area contributed by atoms with E-state index in [4.69, 9.17) is 4.74 Å². The molecule has 0 radical (unpaired) electrons. The van der Waals surface area contributed by atoms with Crippen molar-refractivity contribution in [2.75, 3.05) is 18.6 Å². The summed E-state index contributed by atoms with van der Waals surface area (Å²) in [6.07, 6.45) is 0.417. The first kappa shape index (κ1) is 13.9. The monoisotopic (exact) mass is 283 g/mol. The SMILES string of the molecule is COc1ccccc1CNC(=O)[C@@H]1CCS(=O)(=O)C1. The first-order valence-corrected chi connectivity index (χ1v) is 7.94. The lowest BCUT2D eigenvalue weighted by molar-refractivity contribution is -0.124. The zero-order valence-corrected chi connectivity index (χ0v) is 11.6. The van der Waals surface area contributed by atoms with Crippen molar-refractivity contribution in [3.63, 3.8) is 0 Å². The maximum Gasteiger partial charge on any atom is 0.224 e. The van der Waals surface area contributed by atoms with Crippen LogP contribution in [-0.4, -0.2) is 32.9 Å². The lowest BCUT2D eigenvalue weighted by atomic mass is 10.1. The number of benzene rings is 1. The molecule has 1 amide bonds. The van der Waals surface area contributed by atoms with E-state index in [9.17, 15) is 13.2 Å². The highest BCUT2D eigenvalue weighted by atomic mass is 32.2. The summed E-state index contributed by atoms with van der Waals surface area (Å²) >= 11 is 0. The van der Waals surface area contributed by atoms with Crippen molar-refractivity contribution in [2.45, 2.75) is 13.0 Å². The third kappa shape index (κ3) is 3.47. The van der Waals surface area contributed by atoms with Crippen LogP contribution >= 0.6 is 0 Å². The lowest BCUT2D eigenvalue weighted by Crippen LogP contribution is -2.31. The summed E-state index contributed by atoms with van der Waals surface area (Å²) in [5.74, 6) is 0.165. The summed E-state index contributed by atoms with van der Waals surface area (Å²) in [7, 11) is -1.45. The van der Waals surface area contributed by atoms with Crippen LogP contribution in [0.5, 0.6) is 5.75 Å². The van der Waals surface area contributed by atoms with Gasteiger partial charge in [-0.2, -0.15) is 0 Å². The highest BCUT2D eigenvalue weighted by molar-refractivity contribution is 7.91. The van der Waals surface area contributed by atoms with E-state index in [0.717, 1.165) is 5.56 Å². The molecule has 1 fully saturated rings. The van der Waals surface area contributed by atoms with E-state index in [0.29, 0.717) is 18.7 Å². The summed E-state index contributed by atoms with van der Waals surface area (Å²) in [5, 5.41) is 2.77. The first-order valence-electron chi connectivity index (χ1n) is 6.12. The van der Waals surface area contributed by atoms with Crippen LogP contribution in [0.25, 0.3) is 0 Å². The van der Waals surface area contributed by atoms with E-state index in [2.05, 4.69) is 5.32 Å². The van der Waals surface area contributed by atoms with Gasteiger partial charge in [0.05, 0.1) is 24.5 Å². The molecule has 2 rings (SSSR count). The Balaban J connectivity index is 1.94.